The number of hydrazine groups is 2. The molecule has 0 aromatic heterocycles. The van der Waals surface area contributed by atoms with Gasteiger partial charge in [0.2, 0.25) is 0 Å². The molecule has 1 heterocycles. The van der Waals surface area contributed by atoms with Crippen LogP contribution in [0, 0.1) is 0 Å². The Hall–Kier alpha value is -0.580. The summed E-state index contributed by atoms with van der Waals surface area (Å²) in [5.74, 6) is 0. The fourth-order valence-electron chi connectivity index (χ4n) is 2.92. The Balaban J connectivity index is 1.85. The van der Waals surface area contributed by atoms with Crippen LogP contribution in [-0.2, 0) is 4.74 Å². The van der Waals surface area contributed by atoms with Gasteiger partial charge in [-0.1, -0.05) is 32.3 Å². The number of allylic oxidation sites excluding steroid dienone is 1. The zero-order valence-corrected chi connectivity index (χ0v) is 12.8. The first kappa shape index (κ1) is 14.8. The molecule has 1 unspecified atom stereocenters. The molecule has 0 aromatic rings. The van der Waals surface area contributed by atoms with E-state index in [1.807, 2.05) is 0 Å². The lowest BCUT2D eigenvalue weighted by atomic mass is 9.95. The highest BCUT2D eigenvalue weighted by molar-refractivity contribution is 5.04. The molecule has 1 aliphatic carbocycles. The van der Waals surface area contributed by atoms with E-state index in [9.17, 15) is 0 Å². The van der Waals surface area contributed by atoms with E-state index in [-0.39, 0.29) is 0 Å². The molecule has 1 atom stereocenters. The van der Waals surface area contributed by atoms with E-state index in [1.165, 1.54) is 37.8 Å². The summed E-state index contributed by atoms with van der Waals surface area (Å²) < 4.78 is 5.57. The summed E-state index contributed by atoms with van der Waals surface area (Å²) in [5, 5.41) is 7.14. The molecule has 1 aliphatic heterocycles. The van der Waals surface area contributed by atoms with Gasteiger partial charge in [-0.15, -0.1) is 5.12 Å². The van der Waals surface area contributed by atoms with Crippen molar-refractivity contribution < 1.29 is 4.74 Å². The van der Waals surface area contributed by atoms with Gasteiger partial charge in [0.25, 0.3) is 0 Å². The van der Waals surface area contributed by atoms with Crippen LogP contribution in [0.4, 0.5) is 0 Å². The second-order valence-corrected chi connectivity index (χ2v) is 5.52. The monoisotopic (exact) mass is 267 g/mol. The molecule has 4 heteroatoms. The van der Waals surface area contributed by atoms with E-state index >= 15 is 0 Å². The van der Waals surface area contributed by atoms with Gasteiger partial charge in [0.1, 0.15) is 6.67 Å². The van der Waals surface area contributed by atoms with Gasteiger partial charge >= 0.3 is 0 Å². The first-order valence-corrected chi connectivity index (χ1v) is 7.82. The molecule has 0 spiro atoms. The lowest BCUT2D eigenvalue weighted by molar-refractivity contribution is -0.00726. The lowest BCUT2D eigenvalue weighted by Crippen LogP contribution is -2.39. The van der Waals surface area contributed by atoms with Crippen molar-refractivity contribution in [3.8, 4) is 0 Å². The maximum absolute atomic E-state index is 5.57. The molecule has 2 aliphatic rings. The largest absolute Gasteiger partial charge is 0.375 e. The Labute approximate surface area is 117 Å². The average molecular weight is 267 g/mol. The fourth-order valence-corrected chi connectivity index (χ4v) is 2.92. The minimum atomic E-state index is 0.730. The van der Waals surface area contributed by atoms with Gasteiger partial charge < -0.3 is 4.74 Å². The molecule has 1 saturated carbocycles. The van der Waals surface area contributed by atoms with Gasteiger partial charge in [-0.25, -0.2) is 5.01 Å². The molecule has 1 saturated heterocycles. The molecule has 0 aromatic carbocycles. The average Bonchev–Trinajstić information content (AvgIpc) is 3.24. The number of hydrogen-bond donors (Lipinski definition) is 0. The molecule has 4 nitrogen and oxygen atoms in total. The van der Waals surface area contributed by atoms with Crippen LogP contribution in [0.15, 0.2) is 11.8 Å². The Morgan fingerprint density at radius 1 is 1.26 bits per heavy atom. The molecule has 0 bridgehead atoms. The number of ether oxygens (including phenoxy) is 1. The zero-order valence-electron chi connectivity index (χ0n) is 12.8. The highest BCUT2D eigenvalue weighted by Gasteiger charge is 2.39. The van der Waals surface area contributed by atoms with Crippen LogP contribution in [0.3, 0.4) is 0 Å². The third-order valence-corrected chi connectivity index (χ3v) is 4.15. The molecule has 110 valence electrons. The van der Waals surface area contributed by atoms with Gasteiger partial charge in [-0.05, 0) is 26.2 Å². The molecule has 19 heavy (non-hydrogen) atoms. The fraction of sp³-hybridized carbons (Fsp3) is 0.867. The van der Waals surface area contributed by atoms with Gasteiger partial charge in [0, 0.05) is 19.7 Å². The van der Waals surface area contributed by atoms with Crippen molar-refractivity contribution in [3.63, 3.8) is 0 Å². The third kappa shape index (κ3) is 3.94. The summed E-state index contributed by atoms with van der Waals surface area (Å²) in [5.41, 5.74) is 1.31. The predicted octanol–water partition coefficient (Wildman–Crippen LogP) is 2.99. The van der Waals surface area contributed by atoms with Crippen molar-refractivity contribution >= 4 is 0 Å². The maximum atomic E-state index is 5.57. The summed E-state index contributed by atoms with van der Waals surface area (Å²) in [6.45, 7) is 6.78. The topological polar surface area (TPSA) is 18.5 Å². The smallest absolute Gasteiger partial charge is 0.122 e. The van der Waals surface area contributed by atoms with Crippen LogP contribution in [0.5, 0.6) is 0 Å². The third-order valence-electron chi connectivity index (χ3n) is 4.15. The Kier molecular flexibility index (Phi) is 5.67. The number of hydrogen-bond acceptors (Lipinski definition) is 4. The summed E-state index contributed by atoms with van der Waals surface area (Å²) in [6.07, 6.45) is 10.2. The number of rotatable bonds is 7. The maximum Gasteiger partial charge on any atom is 0.122 e. The minimum absolute atomic E-state index is 0.730. The van der Waals surface area contributed by atoms with Gasteiger partial charge in [-0.3, -0.25) is 5.01 Å². The second-order valence-electron chi connectivity index (χ2n) is 5.52. The zero-order chi connectivity index (χ0) is 13.7. The van der Waals surface area contributed by atoms with Gasteiger partial charge in [0.15, 0.2) is 0 Å². The summed E-state index contributed by atoms with van der Waals surface area (Å²) >= 11 is 0. The number of nitrogens with zero attached hydrogens (tertiary/aromatic N) is 3. The SMILES string of the molecule is CC/C=C(\COCC)N1CN1N(C)C1CCCCC1. The van der Waals surface area contributed by atoms with E-state index in [0.29, 0.717) is 0 Å². The van der Waals surface area contributed by atoms with Crippen LogP contribution in [-0.4, -0.2) is 48.1 Å². The second kappa shape index (κ2) is 7.27. The first-order chi connectivity index (χ1) is 9.27. The van der Waals surface area contributed by atoms with Crippen LogP contribution < -0.4 is 0 Å². The molecular formula is C15H29N3O. The standard InChI is InChI=1S/C15H29N3O/c1-4-9-15(12-19-5-2)17-13-18(17)16(3)14-10-7-6-8-11-14/h9,14H,4-8,10-13H2,1-3H3/b15-9+. The molecule has 2 rings (SSSR count). The van der Waals surface area contributed by atoms with E-state index in [1.54, 1.807) is 0 Å². The van der Waals surface area contributed by atoms with Crippen molar-refractivity contribution in [2.45, 2.75) is 58.4 Å². The van der Waals surface area contributed by atoms with E-state index in [2.05, 4.69) is 42.1 Å². The highest BCUT2D eigenvalue weighted by Crippen LogP contribution is 2.30. The lowest BCUT2D eigenvalue weighted by Gasteiger charge is -2.31. The van der Waals surface area contributed by atoms with Crippen molar-refractivity contribution in [1.29, 1.82) is 0 Å². The Morgan fingerprint density at radius 2 is 2.00 bits per heavy atom. The molecule has 0 N–H and O–H groups in total. The molecular weight excluding hydrogens is 238 g/mol. The summed E-state index contributed by atoms with van der Waals surface area (Å²) in [7, 11) is 2.24. The first-order valence-electron chi connectivity index (χ1n) is 7.82. The van der Waals surface area contributed by atoms with Crippen LogP contribution in [0.25, 0.3) is 0 Å². The quantitative estimate of drug-likeness (QED) is 0.660. The predicted molar refractivity (Wildman–Crippen MR) is 78.0 cm³/mol. The van der Waals surface area contributed by atoms with Gasteiger partial charge in [0.05, 0.1) is 12.3 Å². The van der Waals surface area contributed by atoms with Crippen LogP contribution >= 0.6 is 0 Å². The Morgan fingerprint density at radius 3 is 2.63 bits per heavy atom. The van der Waals surface area contributed by atoms with Crippen LogP contribution in [0.2, 0.25) is 0 Å². The molecule has 2 fully saturated rings. The normalized spacial score (nSPS) is 25.2. The van der Waals surface area contributed by atoms with Crippen LogP contribution in [0.1, 0.15) is 52.4 Å². The van der Waals surface area contributed by atoms with E-state index in [0.717, 1.165) is 32.3 Å². The Bertz CT molecular complexity index is 300. The van der Waals surface area contributed by atoms with Crippen molar-refractivity contribution in [3.05, 3.63) is 11.8 Å². The molecule has 0 amide bonds. The van der Waals surface area contributed by atoms with Crippen molar-refractivity contribution in [2.75, 3.05) is 26.9 Å². The van der Waals surface area contributed by atoms with E-state index in [4.69, 9.17) is 4.74 Å². The van der Waals surface area contributed by atoms with Gasteiger partial charge in [-0.2, -0.15) is 0 Å². The molecule has 0 radical (unpaired) electrons. The minimum Gasteiger partial charge on any atom is -0.375 e. The summed E-state index contributed by atoms with van der Waals surface area (Å²) in [4.78, 5) is 0. The highest BCUT2D eigenvalue weighted by atomic mass is 16.5. The van der Waals surface area contributed by atoms with E-state index < -0.39 is 0 Å². The van der Waals surface area contributed by atoms with Crippen molar-refractivity contribution in [1.82, 2.24) is 15.1 Å². The summed E-state index contributed by atoms with van der Waals surface area (Å²) in [6, 6.07) is 0.730. The van der Waals surface area contributed by atoms with Crippen molar-refractivity contribution in [2.24, 2.45) is 0 Å².